The van der Waals surface area contributed by atoms with Crippen molar-refractivity contribution in [3.8, 4) is 0 Å². The molecule has 4 rings (SSSR count). The van der Waals surface area contributed by atoms with Crippen molar-refractivity contribution >= 4 is 44.3 Å². The van der Waals surface area contributed by atoms with Gasteiger partial charge in [-0.2, -0.15) is 4.98 Å². The number of hydrogen-bond donors (Lipinski definition) is 2. The lowest BCUT2D eigenvalue weighted by molar-refractivity contribution is -0.125. The highest BCUT2D eigenvalue weighted by atomic mass is 32.1. The first-order valence-electron chi connectivity index (χ1n) is 9.82. The van der Waals surface area contributed by atoms with Gasteiger partial charge in [0, 0.05) is 31.7 Å². The van der Waals surface area contributed by atoms with E-state index in [1.54, 1.807) is 7.05 Å². The van der Waals surface area contributed by atoms with E-state index in [4.69, 9.17) is 0 Å². The van der Waals surface area contributed by atoms with E-state index in [-0.39, 0.29) is 23.9 Å². The number of nitrogens with zero attached hydrogens (tertiary/aromatic N) is 4. The molecule has 162 valence electrons. The molecule has 2 aromatic heterocycles. The van der Waals surface area contributed by atoms with Crippen molar-refractivity contribution in [2.45, 2.75) is 19.4 Å². The fraction of sp³-hybridized carbons (Fsp3) is 0.350. The number of carbonyl (C=O) groups excluding carboxylic acids is 2. The molecule has 2 amide bonds. The minimum Gasteiger partial charge on any atom is -0.359 e. The molecular formula is C20H21FN6O3S. The van der Waals surface area contributed by atoms with Gasteiger partial charge in [-0.3, -0.25) is 19.0 Å². The summed E-state index contributed by atoms with van der Waals surface area (Å²) in [4.78, 5) is 47.7. The van der Waals surface area contributed by atoms with Crippen LogP contribution in [0.3, 0.4) is 0 Å². The monoisotopic (exact) mass is 444 g/mol. The summed E-state index contributed by atoms with van der Waals surface area (Å²) >= 11 is 1.24. The summed E-state index contributed by atoms with van der Waals surface area (Å²) in [5.41, 5.74) is 0.436. The van der Waals surface area contributed by atoms with E-state index in [0.29, 0.717) is 34.3 Å². The number of halogens is 1. The maximum atomic E-state index is 13.0. The summed E-state index contributed by atoms with van der Waals surface area (Å²) in [7, 11) is 1.64. The summed E-state index contributed by atoms with van der Waals surface area (Å²) in [6, 6.07) is 5.37. The highest BCUT2D eigenvalue weighted by molar-refractivity contribution is 7.22. The standard InChI is InChI=1S/C20H21FN6O3S/c1-22-18(29)12-6-8-26(9-7-12)20-25-17-16(31-20)19(30)27(11-23-17)10-15(28)24-14-4-2-13(21)3-5-14/h2-5,11-12H,6-10H2,1H3,(H,22,29)(H,24,28). The molecule has 1 aliphatic heterocycles. The first kappa shape index (κ1) is 20.9. The van der Waals surface area contributed by atoms with Gasteiger partial charge in [-0.15, -0.1) is 0 Å². The van der Waals surface area contributed by atoms with E-state index in [1.165, 1.54) is 46.5 Å². The van der Waals surface area contributed by atoms with Gasteiger partial charge in [-0.1, -0.05) is 11.3 Å². The second-order valence-corrected chi connectivity index (χ2v) is 8.23. The van der Waals surface area contributed by atoms with Crippen LogP contribution in [0.5, 0.6) is 0 Å². The van der Waals surface area contributed by atoms with Crippen molar-refractivity contribution in [2.24, 2.45) is 5.92 Å². The fourth-order valence-electron chi connectivity index (χ4n) is 3.51. The van der Waals surface area contributed by atoms with E-state index >= 15 is 0 Å². The van der Waals surface area contributed by atoms with Crippen molar-refractivity contribution in [3.05, 3.63) is 46.8 Å². The van der Waals surface area contributed by atoms with Crippen molar-refractivity contribution in [1.82, 2.24) is 19.9 Å². The van der Waals surface area contributed by atoms with Crippen LogP contribution >= 0.6 is 11.3 Å². The number of hydrogen-bond acceptors (Lipinski definition) is 7. The lowest BCUT2D eigenvalue weighted by Crippen LogP contribution is -2.39. The van der Waals surface area contributed by atoms with Crippen LogP contribution in [0.15, 0.2) is 35.4 Å². The molecule has 1 fully saturated rings. The number of rotatable bonds is 5. The van der Waals surface area contributed by atoms with E-state index in [9.17, 15) is 18.8 Å². The van der Waals surface area contributed by atoms with Gasteiger partial charge in [0.05, 0.1) is 0 Å². The molecule has 0 bridgehead atoms. The normalized spacial score (nSPS) is 14.6. The molecule has 0 unspecified atom stereocenters. The summed E-state index contributed by atoms with van der Waals surface area (Å²) in [5, 5.41) is 5.99. The van der Waals surface area contributed by atoms with E-state index < -0.39 is 11.7 Å². The van der Waals surface area contributed by atoms with Crippen LogP contribution in [-0.4, -0.2) is 46.5 Å². The number of anilines is 2. The van der Waals surface area contributed by atoms with E-state index in [0.717, 1.165) is 12.8 Å². The number of carbonyl (C=O) groups is 2. The number of thiazole rings is 1. The van der Waals surface area contributed by atoms with Crippen LogP contribution in [0.25, 0.3) is 10.3 Å². The van der Waals surface area contributed by atoms with Gasteiger partial charge in [0.2, 0.25) is 11.8 Å². The van der Waals surface area contributed by atoms with Crippen LogP contribution in [0.2, 0.25) is 0 Å². The molecule has 0 atom stereocenters. The minimum absolute atomic E-state index is 0.00870. The number of nitrogens with one attached hydrogen (secondary N) is 2. The molecule has 9 nitrogen and oxygen atoms in total. The molecule has 3 aromatic rings. The Kier molecular flexibility index (Phi) is 5.94. The molecule has 31 heavy (non-hydrogen) atoms. The number of fused-ring (bicyclic) bond motifs is 1. The molecule has 1 saturated heterocycles. The molecule has 1 aromatic carbocycles. The Bertz CT molecular complexity index is 1170. The highest BCUT2D eigenvalue weighted by Crippen LogP contribution is 2.29. The Morgan fingerprint density at radius 1 is 1.23 bits per heavy atom. The Labute approximate surface area is 180 Å². The lowest BCUT2D eigenvalue weighted by atomic mass is 9.96. The van der Waals surface area contributed by atoms with Crippen LogP contribution in [0.1, 0.15) is 12.8 Å². The Morgan fingerprint density at radius 2 is 1.94 bits per heavy atom. The van der Waals surface area contributed by atoms with Gasteiger partial charge in [-0.05, 0) is 37.1 Å². The van der Waals surface area contributed by atoms with Gasteiger partial charge in [0.15, 0.2) is 10.8 Å². The molecule has 11 heteroatoms. The summed E-state index contributed by atoms with van der Waals surface area (Å²) in [6.45, 7) is 1.13. The second-order valence-electron chi connectivity index (χ2n) is 7.26. The first-order chi connectivity index (χ1) is 14.9. The largest absolute Gasteiger partial charge is 0.359 e. The zero-order valence-corrected chi connectivity index (χ0v) is 17.6. The third-order valence-electron chi connectivity index (χ3n) is 5.20. The Hall–Kier alpha value is -3.34. The molecular weight excluding hydrogens is 423 g/mol. The predicted octanol–water partition coefficient (Wildman–Crippen LogP) is 1.59. The molecule has 0 spiro atoms. The predicted molar refractivity (Wildman–Crippen MR) is 116 cm³/mol. The molecule has 2 N–H and O–H groups in total. The van der Waals surface area contributed by atoms with Gasteiger partial charge >= 0.3 is 0 Å². The van der Waals surface area contributed by atoms with Gasteiger partial charge in [0.25, 0.3) is 5.56 Å². The quantitative estimate of drug-likeness (QED) is 0.619. The van der Waals surface area contributed by atoms with E-state index in [1.807, 2.05) is 0 Å². The molecule has 1 aliphatic rings. The zero-order chi connectivity index (χ0) is 22.0. The van der Waals surface area contributed by atoms with Crippen LogP contribution in [0.4, 0.5) is 15.2 Å². The van der Waals surface area contributed by atoms with Crippen molar-refractivity contribution < 1.29 is 14.0 Å². The maximum absolute atomic E-state index is 13.0. The topological polar surface area (TPSA) is 109 Å². The highest BCUT2D eigenvalue weighted by Gasteiger charge is 2.26. The lowest BCUT2D eigenvalue weighted by Gasteiger charge is -2.30. The van der Waals surface area contributed by atoms with Crippen LogP contribution < -0.4 is 21.1 Å². The summed E-state index contributed by atoms with van der Waals surface area (Å²) in [6.07, 6.45) is 2.74. The number of aromatic nitrogens is 3. The SMILES string of the molecule is CNC(=O)C1CCN(c2nc3ncn(CC(=O)Nc4ccc(F)cc4)c(=O)c3s2)CC1. The minimum atomic E-state index is -0.420. The molecule has 0 radical (unpaired) electrons. The third kappa shape index (κ3) is 4.55. The number of benzene rings is 1. The number of piperidine rings is 1. The molecule has 0 aliphatic carbocycles. The molecule has 0 saturated carbocycles. The smallest absolute Gasteiger partial charge is 0.273 e. The molecule has 3 heterocycles. The Morgan fingerprint density at radius 3 is 2.61 bits per heavy atom. The first-order valence-corrected chi connectivity index (χ1v) is 10.6. The van der Waals surface area contributed by atoms with Crippen LogP contribution in [0, 0.1) is 11.7 Å². The average molecular weight is 444 g/mol. The van der Waals surface area contributed by atoms with Crippen molar-refractivity contribution in [2.75, 3.05) is 30.4 Å². The summed E-state index contributed by atoms with van der Waals surface area (Å²) in [5.74, 6) is -0.781. The zero-order valence-electron chi connectivity index (χ0n) is 16.8. The van der Waals surface area contributed by atoms with Crippen LogP contribution in [-0.2, 0) is 16.1 Å². The Balaban J connectivity index is 1.47. The van der Waals surface area contributed by atoms with Gasteiger partial charge in [0.1, 0.15) is 23.4 Å². The van der Waals surface area contributed by atoms with Gasteiger partial charge < -0.3 is 15.5 Å². The fourth-order valence-corrected chi connectivity index (χ4v) is 4.53. The van der Waals surface area contributed by atoms with Crippen molar-refractivity contribution in [3.63, 3.8) is 0 Å². The van der Waals surface area contributed by atoms with E-state index in [2.05, 4.69) is 25.5 Å². The maximum Gasteiger partial charge on any atom is 0.273 e. The second kappa shape index (κ2) is 8.80. The third-order valence-corrected chi connectivity index (χ3v) is 6.29. The average Bonchev–Trinajstić information content (AvgIpc) is 3.22. The van der Waals surface area contributed by atoms with Crippen molar-refractivity contribution in [1.29, 1.82) is 0 Å². The summed E-state index contributed by atoms with van der Waals surface area (Å²) < 4.78 is 14.6. The number of amides is 2. The van der Waals surface area contributed by atoms with Gasteiger partial charge in [-0.25, -0.2) is 9.37 Å².